The molecule has 1 fully saturated rings. The zero-order valence-electron chi connectivity index (χ0n) is 12.2. The SMILES string of the molecule is CCCN1C(=O)CC[C@@H](C(=O)OC)[C@H]1c1cncn1C. The van der Waals surface area contributed by atoms with Gasteiger partial charge in [0, 0.05) is 20.0 Å². The molecule has 0 N–H and O–H groups in total. The van der Waals surface area contributed by atoms with Gasteiger partial charge in [0.15, 0.2) is 0 Å². The Morgan fingerprint density at radius 2 is 2.30 bits per heavy atom. The first kappa shape index (κ1) is 14.6. The largest absolute Gasteiger partial charge is 0.469 e. The third kappa shape index (κ3) is 2.55. The van der Waals surface area contributed by atoms with Gasteiger partial charge in [-0.3, -0.25) is 9.59 Å². The number of piperidine rings is 1. The van der Waals surface area contributed by atoms with Gasteiger partial charge in [-0.15, -0.1) is 0 Å². The molecule has 0 aliphatic carbocycles. The topological polar surface area (TPSA) is 64.4 Å². The van der Waals surface area contributed by atoms with Gasteiger partial charge in [-0.2, -0.15) is 0 Å². The van der Waals surface area contributed by atoms with Crippen molar-refractivity contribution in [3.8, 4) is 0 Å². The number of likely N-dealkylation sites (tertiary alicyclic amines) is 1. The Morgan fingerprint density at radius 3 is 2.85 bits per heavy atom. The van der Waals surface area contributed by atoms with Crippen LogP contribution in [-0.2, 0) is 21.4 Å². The Hall–Kier alpha value is -1.85. The lowest BCUT2D eigenvalue weighted by atomic mass is 9.86. The van der Waals surface area contributed by atoms with Gasteiger partial charge < -0.3 is 14.2 Å². The molecule has 0 bridgehead atoms. The molecule has 6 heteroatoms. The van der Waals surface area contributed by atoms with Gasteiger partial charge >= 0.3 is 5.97 Å². The zero-order valence-corrected chi connectivity index (χ0v) is 12.2. The van der Waals surface area contributed by atoms with Crippen LogP contribution in [0.5, 0.6) is 0 Å². The quantitative estimate of drug-likeness (QED) is 0.779. The van der Waals surface area contributed by atoms with Gasteiger partial charge in [0.05, 0.1) is 37.3 Å². The fraction of sp³-hybridized carbons (Fsp3) is 0.643. The van der Waals surface area contributed by atoms with Crippen molar-refractivity contribution < 1.29 is 14.3 Å². The summed E-state index contributed by atoms with van der Waals surface area (Å²) in [5, 5.41) is 0. The fourth-order valence-corrected chi connectivity index (χ4v) is 2.87. The number of imidazole rings is 1. The van der Waals surface area contributed by atoms with E-state index in [0.29, 0.717) is 19.4 Å². The highest BCUT2D eigenvalue weighted by atomic mass is 16.5. The van der Waals surface area contributed by atoms with E-state index >= 15 is 0 Å². The number of aryl methyl sites for hydroxylation is 1. The van der Waals surface area contributed by atoms with E-state index < -0.39 is 0 Å². The molecule has 20 heavy (non-hydrogen) atoms. The number of ether oxygens (including phenoxy) is 1. The van der Waals surface area contributed by atoms with E-state index in [4.69, 9.17) is 4.74 Å². The predicted octanol–water partition coefficient (Wildman–Crippen LogP) is 1.28. The molecule has 0 radical (unpaired) electrons. The normalized spacial score (nSPS) is 22.9. The monoisotopic (exact) mass is 279 g/mol. The van der Waals surface area contributed by atoms with Crippen molar-refractivity contribution in [2.75, 3.05) is 13.7 Å². The number of carbonyl (C=O) groups is 2. The average Bonchev–Trinajstić information content (AvgIpc) is 2.86. The smallest absolute Gasteiger partial charge is 0.311 e. The minimum Gasteiger partial charge on any atom is -0.469 e. The summed E-state index contributed by atoms with van der Waals surface area (Å²) in [7, 11) is 3.27. The van der Waals surface area contributed by atoms with E-state index in [1.807, 2.05) is 18.5 Å². The zero-order chi connectivity index (χ0) is 14.7. The number of methoxy groups -OCH3 is 1. The van der Waals surface area contributed by atoms with Crippen LogP contribution in [0, 0.1) is 5.92 Å². The van der Waals surface area contributed by atoms with E-state index in [9.17, 15) is 9.59 Å². The lowest BCUT2D eigenvalue weighted by Gasteiger charge is -2.39. The van der Waals surface area contributed by atoms with Crippen molar-refractivity contribution >= 4 is 11.9 Å². The number of rotatable bonds is 4. The molecule has 0 aromatic carbocycles. The van der Waals surface area contributed by atoms with E-state index in [2.05, 4.69) is 4.98 Å². The molecular weight excluding hydrogens is 258 g/mol. The number of hydrogen-bond acceptors (Lipinski definition) is 4. The summed E-state index contributed by atoms with van der Waals surface area (Å²) in [6.07, 6.45) is 5.19. The van der Waals surface area contributed by atoms with Crippen LogP contribution in [-0.4, -0.2) is 40.0 Å². The Labute approximate surface area is 118 Å². The molecule has 1 aliphatic rings. The number of aromatic nitrogens is 2. The second-order valence-electron chi connectivity index (χ2n) is 5.13. The third-order valence-electron chi connectivity index (χ3n) is 3.83. The Morgan fingerprint density at radius 1 is 1.55 bits per heavy atom. The Balaban J connectivity index is 2.40. The second kappa shape index (κ2) is 6.07. The number of esters is 1. The summed E-state index contributed by atoms with van der Waals surface area (Å²) in [6.45, 7) is 2.66. The van der Waals surface area contributed by atoms with Crippen molar-refractivity contribution in [2.45, 2.75) is 32.2 Å². The molecule has 1 aliphatic heterocycles. The molecule has 1 aromatic rings. The molecule has 1 aromatic heterocycles. The van der Waals surface area contributed by atoms with Gasteiger partial charge in [-0.05, 0) is 12.8 Å². The summed E-state index contributed by atoms with van der Waals surface area (Å²) in [5.41, 5.74) is 0.877. The molecule has 0 saturated carbocycles. The molecule has 2 rings (SSSR count). The minimum atomic E-state index is -0.320. The summed E-state index contributed by atoms with van der Waals surface area (Å²) < 4.78 is 6.78. The standard InChI is InChI=1S/C14H21N3O3/c1-4-7-17-12(18)6-5-10(14(19)20-3)13(17)11-8-15-9-16(11)2/h8-10,13H,4-7H2,1-3H3/t10-,13+/m1/s1. The van der Waals surface area contributed by atoms with Crippen LogP contribution in [0.2, 0.25) is 0 Å². The summed E-state index contributed by atoms with van der Waals surface area (Å²) in [6, 6.07) is -0.281. The molecule has 0 unspecified atom stereocenters. The maximum Gasteiger partial charge on any atom is 0.311 e. The van der Waals surface area contributed by atoms with Gasteiger partial charge in [-0.25, -0.2) is 4.98 Å². The van der Waals surface area contributed by atoms with Crippen LogP contribution < -0.4 is 0 Å². The third-order valence-corrected chi connectivity index (χ3v) is 3.83. The van der Waals surface area contributed by atoms with Crippen LogP contribution >= 0.6 is 0 Å². The molecule has 110 valence electrons. The van der Waals surface area contributed by atoms with Crippen LogP contribution in [0.4, 0.5) is 0 Å². The van der Waals surface area contributed by atoms with Crippen LogP contribution in [0.15, 0.2) is 12.5 Å². The average molecular weight is 279 g/mol. The molecule has 6 nitrogen and oxygen atoms in total. The van der Waals surface area contributed by atoms with Gasteiger partial charge in [0.25, 0.3) is 0 Å². The van der Waals surface area contributed by atoms with Crippen molar-refractivity contribution in [3.63, 3.8) is 0 Å². The second-order valence-corrected chi connectivity index (χ2v) is 5.13. The van der Waals surface area contributed by atoms with Gasteiger partial charge in [-0.1, -0.05) is 6.92 Å². The molecule has 1 saturated heterocycles. The highest BCUT2D eigenvalue weighted by molar-refractivity contribution is 5.82. The first-order chi connectivity index (χ1) is 9.60. The Bertz CT molecular complexity index is 488. The number of carbonyl (C=O) groups excluding carboxylic acids is 2. The molecule has 1 amide bonds. The van der Waals surface area contributed by atoms with E-state index in [1.54, 1.807) is 17.4 Å². The predicted molar refractivity (Wildman–Crippen MR) is 72.7 cm³/mol. The van der Waals surface area contributed by atoms with E-state index in [1.165, 1.54) is 7.11 Å². The highest BCUT2D eigenvalue weighted by Gasteiger charge is 2.42. The lowest BCUT2D eigenvalue weighted by Crippen LogP contribution is -2.46. The summed E-state index contributed by atoms with van der Waals surface area (Å²) >= 11 is 0. The first-order valence-corrected chi connectivity index (χ1v) is 6.93. The maximum absolute atomic E-state index is 12.2. The molecular formula is C14H21N3O3. The molecule has 2 heterocycles. The summed E-state index contributed by atoms with van der Waals surface area (Å²) in [4.78, 5) is 30.2. The number of hydrogen-bond donors (Lipinski definition) is 0. The maximum atomic E-state index is 12.2. The van der Waals surface area contributed by atoms with Crippen molar-refractivity contribution in [2.24, 2.45) is 13.0 Å². The molecule has 0 spiro atoms. The highest BCUT2D eigenvalue weighted by Crippen LogP contribution is 2.37. The Kier molecular flexibility index (Phi) is 4.42. The van der Waals surface area contributed by atoms with E-state index in [-0.39, 0.29) is 23.8 Å². The van der Waals surface area contributed by atoms with Crippen LogP contribution in [0.3, 0.4) is 0 Å². The first-order valence-electron chi connectivity index (χ1n) is 6.93. The van der Waals surface area contributed by atoms with Gasteiger partial charge in [0.2, 0.25) is 5.91 Å². The van der Waals surface area contributed by atoms with Crippen molar-refractivity contribution in [1.29, 1.82) is 0 Å². The van der Waals surface area contributed by atoms with Crippen molar-refractivity contribution in [1.82, 2.24) is 14.5 Å². The minimum absolute atomic E-state index is 0.0956. The molecule has 2 atom stereocenters. The van der Waals surface area contributed by atoms with Crippen LogP contribution in [0.1, 0.15) is 37.9 Å². The van der Waals surface area contributed by atoms with Gasteiger partial charge in [0.1, 0.15) is 0 Å². The van der Waals surface area contributed by atoms with Crippen molar-refractivity contribution in [3.05, 3.63) is 18.2 Å². The number of nitrogens with zero attached hydrogens (tertiary/aromatic N) is 3. The summed E-state index contributed by atoms with van der Waals surface area (Å²) in [5.74, 6) is -0.484. The lowest BCUT2D eigenvalue weighted by molar-refractivity contribution is -0.155. The van der Waals surface area contributed by atoms with E-state index in [0.717, 1.165) is 12.1 Å². The fourth-order valence-electron chi connectivity index (χ4n) is 2.87. The van der Waals surface area contributed by atoms with Crippen LogP contribution in [0.25, 0.3) is 0 Å². The number of amides is 1.